The molecular weight excluding hydrogens is 313 g/mol. The molecule has 3 heteroatoms. The average molecular weight is 333 g/mol. The van der Waals surface area contributed by atoms with Crippen molar-refractivity contribution in [2.24, 2.45) is 0 Å². The number of ether oxygens (including phenoxy) is 1. The molecule has 0 amide bonds. The second kappa shape index (κ2) is 6.60. The molecular formula is C22H20FNO. The van der Waals surface area contributed by atoms with Crippen LogP contribution in [-0.4, -0.2) is 7.11 Å². The van der Waals surface area contributed by atoms with E-state index >= 15 is 0 Å². The molecule has 1 atom stereocenters. The van der Waals surface area contributed by atoms with E-state index in [0.29, 0.717) is 0 Å². The van der Waals surface area contributed by atoms with Crippen molar-refractivity contribution in [2.75, 3.05) is 12.0 Å². The summed E-state index contributed by atoms with van der Waals surface area (Å²) in [5.74, 6) is 0.642. The molecule has 0 saturated heterocycles. The molecule has 0 saturated carbocycles. The van der Waals surface area contributed by atoms with Gasteiger partial charge in [-0.1, -0.05) is 30.3 Å². The first-order valence-electron chi connectivity index (χ1n) is 8.53. The molecule has 3 aromatic rings. The average Bonchev–Trinajstić information content (AvgIpc) is 2.68. The van der Waals surface area contributed by atoms with Crippen LogP contribution in [0.15, 0.2) is 72.8 Å². The minimum atomic E-state index is -0.198. The fraction of sp³-hybridized carbons (Fsp3) is 0.182. The number of nitrogens with zero attached hydrogens (tertiary/aromatic N) is 1. The molecule has 0 bridgehead atoms. The van der Waals surface area contributed by atoms with E-state index < -0.39 is 0 Å². The summed E-state index contributed by atoms with van der Waals surface area (Å²) >= 11 is 0. The molecule has 1 aliphatic heterocycles. The number of para-hydroxylation sites is 1. The Morgan fingerprint density at radius 2 is 1.64 bits per heavy atom. The van der Waals surface area contributed by atoms with E-state index in [-0.39, 0.29) is 11.9 Å². The van der Waals surface area contributed by atoms with Gasteiger partial charge in [-0.15, -0.1) is 0 Å². The normalized spacial score (nSPS) is 16.4. The fourth-order valence-corrected chi connectivity index (χ4v) is 3.61. The van der Waals surface area contributed by atoms with Crippen molar-refractivity contribution in [3.63, 3.8) is 0 Å². The highest BCUT2D eigenvalue weighted by atomic mass is 19.1. The van der Waals surface area contributed by atoms with E-state index in [1.807, 2.05) is 24.3 Å². The summed E-state index contributed by atoms with van der Waals surface area (Å²) in [6, 6.07) is 23.7. The molecule has 0 radical (unpaired) electrons. The molecule has 1 unspecified atom stereocenters. The molecule has 0 aliphatic carbocycles. The van der Waals surface area contributed by atoms with Gasteiger partial charge in [0.15, 0.2) is 0 Å². The Labute approximate surface area is 147 Å². The monoisotopic (exact) mass is 333 g/mol. The van der Waals surface area contributed by atoms with Crippen LogP contribution in [0.2, 0.25) is 0 Å². The third-order valence-electron chi connectivity index (χ3n) is 4.86. The minimum Gasteiger partial charge on any atom is -0.497 e. The van der Waals surface area contributed by atoms with Crippen molar-refractivity contribution in [3.05, 3.63) is 89.7 Å². The lowest BCUT2D eigenvalue weighted by Crippen LogP contribution is -2.29. The minimum absolute atomic E-state index is 0.184. The summed E-state index contributed by atoms with van der Waals surface area (Å²) in [5, 5.41) is 0. The SMILES string of the molecule is COc1ccc(N2c3ccccc3CCC2c2ccc(F)cc2)cc1. The molecule has 1 aliphatic rings. The molecule has 2 nitrogen and oxygen atoms in total. The van der Waals surface area contributed by atoms with Crippen LogP contribution in [-0.2, 0) is 6.42 Å². The number of halogens is 1. The van der Waals surface area contributed by atoms with Crippen LogP contribution in [0.25, 0.3) is 0 Å². The molecule has 25 heavy (non-hydrogen) atoms. The first kappa shape index (κ1) is 15.7. The molecule has 4 rings (SSSR count). The number of hydrogen-bond donors (Lipinski definition) is 0. The molecule has 0 fully saturated rings. The number of anilines is 2. The Hall–Kier alpha value is -2.81. The van der Waals surface area contributed by atoms with Gasteiger partial charge in [-0.25, -0.2) is 4.39 Å². The van der Waals surface area contributed by atoms with Gasteiger partial charge in [0.05, 0.1) is 13.2 Å². The first-order chi connectivity index (χ1) is 12.3. The van der Waals surface area contributed by atoms with E-state index in [4.69, 9.17) is 4.74 Å². The second-order valence-corrected chi connectivity index (χ2v) is 6.30. The maximum atomic E-state index is 13.4. The fourth-order valence-electron chi connectivity index (χ4n) is 3.61. The van der Waals surface area contributed by atoms with Crippen molar-refractivity contribution in [2.45, 2.75) is 18.9 Å². The summed E-state index contributed by atoms with van der Waals surface area (Å²) in [5.41, 5.74) is 4.80. The lowest BCUT2D eigenvalue weighted by molar-refractivity contribution is 0.415. The summed E-state index contributed by atoms with van der Waals surface area (Å²) in [6.45, 7) is 0. The van der Waals surface area contributed by atoms with Crippen molar-refractivity contribution in [1.29, 1.82) is 0 Å². The number of fused-ring (bicyclic) bond motifs is 1. The summed E-state index contributed by atoms with van der Waals surface area (Å²) in [6.07, 6.45) is 2.01. The van der Waals surface area contributed by atoms with Crippen LogP contribution < -0.4 is 9.64 Å². The number of methoxy groups -OCH3 is 1. The zero-order valence-corrected chi connectivity index (χ0v) is 14.2. The predicted octanol–water partition coefficient (Wildman–Crippen LogP) is 5.66. The highest BCUT2D eigenvalue weighted by Gasteiger charge is 2.28. The van der Waals surface area contributed by atoms with Crippen LogP contribution >= 0.6 is 0 Å². The largest absolute Gasteiger partial charge is 0.497 e. The third kappa shape index (κ3) is 2.98. The third-order valence-corrected chi connectivity index (χ3v) is 4.86. The number of aryl methyl sites for hydroxylation is 1. The van der Waals surface area contributed by atoms with Crippen LogP contribution in [0.5, 0.6) is 5.75 Å². The van der Waals surface area contributed by atoms with E-state index in [2.05, 4.69) is 41.3 Å². The molecule has 126 valence electrons. The van der Waals surface area contributed by atoms with Crippen molar-refractivity contribution in [3.8, 4) is 5.75 Å². The Morgan fingerprint density at radius 1 is 0.920 bits per heavy atom. The van der Waals surface area contributed by atoms with Gasteiger partial charge in [-0.3, -0.25) is 0 Å². The molecule has 1 heterocycles. The van der Waals surface area contributed by atoms with Crippen LogP contribution in [0.4, 0.5) is 15.8 Å². The number of hydrogen-bond acceptors (Lipinski definition) is 2. The molecule has 0 aromatic heterocycles. The van der Waals surface area contributed by atoms with Crippen molar-refractivity contribution < 1.29 is 9.13 Å². The van der Waals surface area contributed by atoms with Gasteiger partial charge in [-0.2, -0.15) is 0 Å². The smallest absolute Gasteiger partial charge is 0.123 e. The lowest BCUT2D eigenvalue weighted by atomic mass is 9.90. The van der Waals surface area contributed by atoms with Gasteiger partial charge >= 0.3 is 0 Å². The zero-order chi connectivity index (χ0) is 17.2. The van der Waals surface area contributed by atoms with Gasteiger partial charge in [-0.05, 0) is 66.4 Å². The molecule has 0 N–H and O–H groups in total. The van der Waals surface area contributed by atoms with Gasteiger partial charge < -0.3 is 9.64 Å². The van der Waals surface area contributed by atoms with Crippen LogP contribution in [0.1, 0.15) is 23.6 Å². The topological polar surface area (TPSA) is 12.5 Å². The Morgan fingerprint density at radius 3 is 2.36 bits per heavy atom. The number of rotatable bonds is 3. The quantitative estimate of drug-likeness (QED) is 0.613. The summed E-state index contributed by atoms with van der Waals surface area (Å²) in [4.78, 5) is 2.35. The van der Waals surface area contributed by atoms with E-state index in [9.17, 15) is 4.39 Å². The highest BCUT2D eigenvalue weighted by molar-refractivity contribution is 5.70. The van der Waals surface area contributed by atoms with Crippen molar-refractivity contribution >= 4 is 11.4 Å². The molecule has 0 spiro atoms. The highest BCUT2D eigenvalue weighted by Crippen LogP contribution is 2.43. The standard InChI is InChI=1S/C22H20FNO/c1-25-20-13-11-19(12-14-20)24-21-5-3-2-4-16(21)8-15-22(24)17-6-9-18(23)10-7-17/h2-7,9-14,22H,8,15H2,1H3. The van der Waals surface area contributed by atoms with Crippen molar-refractivity contribution in [1.82, 2.24) is 0 Å². The number of benzene rings is 3. The van der Waals surface area contributed by atoms with E-state index in [0.717, 1.165) is 29.8 Å². The zero-order valence-electron chi connectivity index (χ0n) is 14.2. The Bertz CT molecular complexity index is 858. The summed E-state index contributed by atoms with van der Waals surface area (Å²) in [7, 11) is 1.67. The summed E-state index contributed by atoms with van der Waals surface area (Å²) < 4.78 is 18.7. The first-order valence-corrected chi connectivity index (χ1v) is 8.53. The Kier molecular flexibility index (Phi) is 4.14. The van der Waals surface area contributed by atoms with Crippen LogP contribution in [0.3, 0.4) is 0 Å². The van der Waals surface area contributed by atoms with Gasteiger partial charge in [0, 0.05) is 11.4 Å². The maximum Gasteiger partial charge on any atom is 0.123 e. The molecule has 3 aromatic carbocycles. The van der Waals surface area contributed by atoms with E-state index in [1.54, 1.807) is 19.2 Å². The second-order valence-electron chi connectivity index (χ2n) is 6.30. The van der Waals surface area contributed by atoms with Crippen LogP contribution in [0, 0.1) is 5.82 Å². The van der Waals surface area contributed by atoms with Gasteiger partial charge in [0.25, 0.3) is 0 Å². The predicted molar refractivity (Wildman–Crippen MR) is 99.0 cm³/mol. The maximum absolute atomic E-state index is 13.4. The Balaban J connectivity index is 1.81. The van der Waals surface area contributed by atoms with Gasteiger partial charge in [0.1, 0.15) is 11.6 Å². The van der Waals surface area contributed by atoms with E-state index in [1.165, 1.54) is 11.3 Å². The lowest BCUT2D eigenvalue weighted by Gasteiger charge is -2.39. The van der Waals surface area contributed by atoms with Gasteiger partial charge in [0.2, 0.25) is 0 Å².